The predicted octanol–water partition coefficient (Wildman–Crippen LogP) is 1.33. The highest BCUT2D eigenvalue weighted by molar-refractivity contribution is 6.41. The van der Waals surface area contributed by atoms with E-state index in [9.17, 15) is 29.1 Å². The molecule has 46 heavy (non-hydrogen) atoms. The van der Waals surface area contributed by atoms with E-state index in [1.54, 1.807) is 38.2 Å². The van der Waals surface area contributed by atoms with E-state index in [2.05, 4.69) is 30.8 Å². The molecule has 3 atom stereocenters. The number of aromatic nitrogens is 5. The van der Waals surface area contributed by atoms with Gasteiger partial charge in [0.15, 0.2) is 0 Å². The SMILES string of the molecule is CC(NC(=O)[C@@H]1C[C@H](n2nncc2C(C)(C)O)CN1C(=O)/C(CC1CCCCC1)=N/C(=O)c1ccc2[nH]ncc2c1)C(=O)C(N)=O. The molecule has 0 bridgehead atoms. The van der Waals surface area contributed by atoms with E-state index in [1.807, 2.05) is 0 Å². The van der Waals surface area contributed by atoms with Gasteiger partial charge in [-0.2, -0.15) is 5.10 Å². The first-order valence-electron chi connectivity index (χ1n) is 15.5. The number of H-pyrrole nitrogens is 1. The molecular weight excluding hydrogens is 594 g/mol. The molecule has 1 saturated carbocycles. The Hall–Kier alpha value is -4.79. The normalized spacial score (nSPS) is 20.1. The van der Waals surface area contributed by atoms with Gasteiger partial charge in [-0.3, -0.25) is 29.1 Å². The first-order valence-corrected chi connectivity index (χ1v) is 15.5. The molecule has 244 valence electrons. The van der Waals surface area contributed by atoms with Gasteiger partial charge in [0.25, 0.3) is 17.7 Å². The summed E-state index contributed by atoms with van der Waals surface area (Å²) >= 11 is 0. The lowest BCUT2D eigenvalue weighted by Gasteiger charge is -2.27. The summed E-state index contributed by atoms with van der Waals surface area (Å²) in [4.78, 5) is 70.9. The van der Waals surface area contributed by atoms with E-state index in [0.717, 1.165) is 43.0 Å². The Morgan fingerprint density at radius 2 is 1.89 bits per heavy atom. The van der Waals surface area contributed by atoms with Gasteiger partial charge in [-0.15, -0.1) is 5.10 Å². The van der Waals surface area contributed by atoms with E-state index >= 15 is 0 Å². The highest BCUT2D eigenvalue weighted by Crippen LogP contribution is 2.33. The van der Waals surface area contributed by atoms with Gasteiger partial charge in [-0.05, 0) is 51.3 Å². The topological polar surface area (TPSA) is 219 Å². The highest BCUT2D eigenvalue weighted by Gasteiger charge is 2.44. The molecule has 2 fully saturated rings. The number of carbonyl (C=O) groups excluding carboxylic acids is 5. The summed E-state index contributed by atoms with van der Waals surface area (Å²) in [5, 5.41) is 28.9. The number of amides is 4. The van der Waals surface area contributed by atoms with Crippen LogP contribution in [0.3, 0.4) is 0 Å². The second-order valence-corrected chi connectivity index (χ2v) is 12.7. The maximum atomic E-state index is 14.4. The van der Waals surface area contributed by atoms with E-state index in [0.29, 0.717) is 5.69 Å². The number of hydrogen-bond acceptors (Lipinski definition) is 9. The molecule has 0 spiro atoms. The van der Waals surface area contributed by atoms with Crippen molar-refractivity contribution in [3.05, 3.63) is 41.9 Å². The zero-order chi connectivity index (χ0) is 33.2. The van der Waals surface area contributed by atoms with Crippen LogP contribution in [0.5, 0.6) is 0 Å². The van der Waals surface area contributed by atoms with Crippen LogP contribution in [0.4, 0.5) is 0 Å². The molecule has 1 aromatic carbocycles. The Morgan fingerprint density at radius 1 is 1.15 bits per heavy atom. The maximum Gasteiger partial charge on any atom is 0.287 e. The van der Waals surface area contributed by atoms with Crippen LogP contribution in [0.2, 0.25) is 0 Å². The van der Waals surface area contributed by atoms with Crippen LogP contribution in [0.1, 0.15) is 87.8 Å². The fraction of sp³-hybridized carbons (Fsp3) is 0.516. The third-order valence-corrected chi connectivity index (χ3v) is 8.76. The zero-order valence-electron chi connectivity index (χ0n) is 26.1. The number of Topliss-reactive ketones (excluding diaryl/α,β-unsaturated/α-hetero) is 1. The van der Waals surface area contributed by atoms with Gasteiger partial charge in [0.1, 0.15) is 17.4 Å². The number of fused-ring (bicyclic) bond motifs is 1. The molecule has 1 unspecified atom stereocenters. The third-order valence-electron chi connectivity index (χ3n) is 8.76. The molecule has 5 N–H and O–H groups in total. The minimum Gasteiger partial charge on any atom is -0.384 e. The molecule has 0 radical (unpaired) electrons. The molecule has 15 heteroatoms. The first kappa shape index (κ1) is 32.6. The largest absolute Gasteiger partial charge is 0.384 e. The monoisotopic (exact) mass is 633 g/mol. The summed E-state index contributed by atoms with van der Waals surface area (Å²) in [5.41, 5.74) is 5.26. The standard InChI is InChI=1S/C31H39N9O6/c1-17(26(41)27(32)42)35-29(44)24-13-21(40-25(15-34-38-40)31(2,3)46)16-39(24)30(45)23(11-18-7-5-4-6-8-18)36-28(43)19-9-10-22-20(12-19)14-33-37-22/h9-10,12,14-15,17-18,21,24,46H,4-8,11,13,16H2,1-3H3,(H2,32,42)(H,33,37)(H,35,44)/b36-23+/t17?,21-,24-/m0/s1. The predicted molar refractivity (Wildman–Crippen MR) is 165 cm³/mol. The second kappa shape index (κ2) is 13.3. The number of carbonyl (C=O) groups is 5. The molecule has 2 aromatic heterocycles. The van der Waals surface area contributed by atoms with E-state index in [4.69, 9.17) is 5.73 Å². The van der Waals surface area contributed by atoms with Gasteiger partial charge >= 0.3 is 0 Å². The summed E-state index contributed by atoms with van der Waals surface area (Å²) in [7, 11) is 0. The van der Waals surface area contributed by atoms with E-state index in [-0.39, 0.29) is 36.6 Å². The number of ketones is 1. The fourth-order valence-corrected chi connectivity index (χ4v) is 6.28. The molecule has 1 saturated heterocycles. The average molecular weight is 634 g/mol. The Balaban J connectivity index is 1.50. The van der Waals surface area contributed by atoms with Crippen LogP contribution in [-0.2, 0) is 24.8 Å². The first-order chi connectivity index (χ1) is 21.8. The summed E-state index contributed by atoms with van der Waals surface area (Å²) in [6, 6.07) is 2.04. The minimum atomic E-state index is -1.32. The lowest BCUT2D eigenvalue weighted by Crippen LogP contribution is -2.52. The summed E-state index contributed by atoms with van der Waals surface area (Å²) in [6.45, 7) is 4.46. The van der Waals surface area contributed by atoms with Crippen molar-refractivity contribution in [3.63, 3.8) is 0 Å². The van der Waals surface area contributed by atoms with Gasteiger partial charge < -0.3 is 21.1 Å². The van der Waals surface area contributed by atoms with Crippen molar-refractivity contribution in [1.82, 2.24) is 35.4 Å². The molecule has 1 aliphatic heterocycles. The summed E-state index contributed by atoms with van der Waals surface area (Å²) < 4.78 is 1.48. The van der Waals surface area contributed by atoms with E-state index in [1.165, 1.54) is 22.7 Å². The van der Waals surface area contributed by atoms with Crippen molar-refractivity contribution in [2.24, 2.45) is 16.6 Å². The van der Waals surface area contributed by atoms with Crippen LogP contribution >= 0.6 is 0 Å². The van der Waals surface area contributed by atoms with Crippen LogP contribution in [-0.4, -0.2) is 88.9 Å². The number of aromatic amines is 1. The van der Waals surface area contributed by atoms with Crippen molar-refractivity contribution in [2.75, 3.05) is 6.54 Å². The second-order valence-electron chi connectivity index (χ2n) is 12.7. The quantitative estimate of drug-likeness (QED) is 0.187. The number of benzene rings is 1. The van der Waals surface area contributed by atoms with Crippen molar-refractivity contribution < 1.29 is 29.1 Å². The number of likely N-dealkylation sites (tertiary alicyclic amines) is 1. The number of aliphatic imine (C=N–C) groups is 1. The average Bonchev–Trinajstić information content (AvgIpc) is 3.79. The number of nitrogens with zero attached hydrogens (tertiary/aromatic N) is 6. The van der Waals surface area contributed by atoms with Gasteiger partial charge in [-0.25, -0.2) is 9.67 Å². The molecule has 3 heterocycles. The van der Waals surface area contributed by atoms with Crippen molar-refractivity contribution >= 4 is 46.0 Å². The molecule has 1 aliphatic carbocycles. The smallest absolute Gasteiger partial charge is 0.287 e. The lowest BCUT2D eigenvalue weighted by atomic mass is 9.85. The van der Waals surface area contributed by atoms with Crippen LogP contribution in [0.25, 0.3) is 10.9 Å². The Morgan fingerprint density at radius 3 is 2.59 bits per heavy atom. The number of nitrogens with one attached hydrogen (secondary N) is 2. The van der Waals surface area contributed by atoms with Gasteiger partial charge in [-0.1, -0.05) is 37.3 Å². The van der Waals surface area contributed by atoms with Crippen molar-refractivity contribution in [1.29, 1.82) is 0 Å². The van der Waals surface area contributed by atoms with Gasteiger partial charge in [0.2, 0.25) is 11.7 Å². The zero-order valence-corrected chi connectivity index (χ0v) is 26.1. The molecule has 15 nitrogen and oxygen atoms in total. The number of primary amides is 1. The minimum absolute atomic E-state index is 0.0135. The van der Waals surface area contributed by atoms with Crippen LogP contribution in [0.15, 0.2) is 35.6 Å². The van der Waals surface area contributed by atoms with Crippen LogP contribution in [0, 0.1) is 5.92 Å². The molecule has 2 aliphatic rings. The third kappa shape index (κ3) is 7.03. The lowest BCUT2D eigenvalue weighted by molar-refractivity contribution is -0.139. The number of hydrogen-bond donors (Lipinski definition) is 4. The van der Waals surface area contributed by atoms with E-state index < -0.39 is 53.1 Å². The Bertz CT molecular complexity index is 1680. The Labute approximate surface area is 265 Å². The summed E-state index contributed by atoms with van der Waals surface area (Å²) in [6.07, 6.45) is 8.19. The van der Waals surface area contributed by atoms with Gasteiger partial charge in [0.05, 0.1) is 35.7 Å². The van der Waals surface area contributed by atoms with Gasteiger partial charge in [0, 0.05) is 23.9 Å². The number of aliphatic hydroxyl groups is 1. The molecule has 5 rings (SSSR count). The molecule has 3 aromatic rings. The fourth-order valence-electron chi connectivity index (χ4n) is 6.28. The Kier molecular flexibility index (Phi) is 9.42. The number of nitrogens with two attached hydrogens (primary N) is 1. The van der Waals surface area contributed by atoms with Crippen molar-refractivity contribution in [3.8, 4) is 0 Å². The number of rotatable bonds is 10. The summed E-state index contributed by atoms with van der Waals surface area (Å²) in [5.74, 6) is -3.92. The maximum absolute atomic E-state index is 14.4. The molecular formula is C31H39N9O6. The van der Waals surface area contributed by atoms with Crippen LogP contribution < -0.4 is 11.1 Å². The van der Waals surface area contributed by atoms with Crippen molar-refractivity contribution in [2.45, 2.75) is 89.4 Å². The molecule has 4 amide bonds. The highest BCUT2D eigenvalue weighted by atomic mass is 16.3.